The molecule has 2 unspecified atom stereocenters. The fourth-order valence-corrected chi connectivity index (χ4v) is 4.97. The van der Waals surface area contributed by atoms with Crippen LogP contribution in [-0.2, 0) is 9.53 Å². The highest BCUT2D eigenvalue weighted by Gasteiger charge is 2.61. The van der Waals surface area contributed by atoms with Gasteiger partial charge in [0.25, 0.3) is 0 Å². The fourth-order valence-electron chi connectivity index (χ4n) is 4.97. The Balaban J connectivity index is 1.41. The summed E-state index contributed by atoms with van der Waals surface area (Å²) >= 11 is 0. The monoisotopic (exact) mass is 400 g/mol. The average Bonchev–Trinajstić information content (AvgIpc) is 3.00. The highest BCUT2D eigenvalue weighted by atomic mass is 19.1. The molecule has 2 amide bonds. The molecular formula is C21H25FN4O3. The number of fused-ring (bicyclic) bond motifs is 1. The normalized spacial score (nSPS) is 28.1. The van der Waals surface area contributed by atoms with Crippen LogP contribution in [0.15, 0.2) is 18.2 Å². The number of benzene rings is 1. The Morgan fingerprint density at radius 3 is 2.62 bits per heavy atom. The Labute approximate surface area is 169 Å². The van der Waals surface area contributed by atoms with Crippen LogP contribution in [0.5, 0.6) is 0 Å². The van der Waals surface area contributed by atoms with Crippen molar-refractivity contribution in [1.82, 2.24) is 0 Å². The van der Waals surface area contributed by atoms with Gasteiger partial charge < -0.3 is 15.4 Å². The number of nitrogens with two attached hydrogens (primary N) is 1. The van der Waals surface area contributed by atoms with E-state index in [1.165, 1.54) is 11.0 Å². The summed E-state index contributed by atoms with van der Waals surface area (Å²) in [5, 5.41) is 9.33. The Morgan fingerprint density at radius 2 is 2.03 bits per heavy atom. The predicted molar refractivity (Wildman–Crippen MR) is 105 cm³/mol. The van der Waals surface area contributed by atoms with Crippen molar-refractivity contribution in [2.75, 3.05) is 29.4 Å². The summed E-state index contributed by atoms with van der Waals surface area (Å²) in [6.45, 7) is 5.71. The number of ether oxygens (including phenoxy) is 1. The lowest BCUT2D eigenvalue weighted by Crippen LogP contribution is -2.29. The van der Waals surface area contributed by atoms with Gasteiger partial charge in [-0.1, -0.05) is 0 Å². The Kier molecular flexibility index (Phi) is 4.64. The summed E-state index contributed by atoms with van der Waals surface area (Å²) in [5.74, 6) is 0.418. The van der Waals surface area contributed by atoms with Crippen molar-refractivity contribution in [3.8, 4) is 6.07 Å². The molecule has 3 atom stereocenters. The maximum atomic E-state index is 14.8. The van der Waals surface area contributed by atoms with Gasteiger partial charge in [-0.15, -0.1) is 0 Å². The molecule has 0 spiro atoms. The second kappa shape index (κ2) is 6.90. The van der Waals surface area contributed by atoms with Crippen LogP contribution in [0.3, 0.4) is 0 Å². The Bertz CT molecular complexity index is 884. The molecule has 1 aromatic rings. The van der Waals surface area contributed by atoms with Gasteiger partial charge in [-0.3, -0.25) is 9.69 Å². The van der Waals surface area contributed by atoms with Crippen LogP contribution in [0.4, 0.5) is 20.6 Å². The van der Waals surface area contributed by atoms with Crippen LogP contribution in [0, 0.1) is 40.3 Å². The van der Waals surface area contributed by atoms with Crippen LogP contribution in [0.25, 0.3) is 0 Å². The minimum atomic E-state index is -0.546. The highest BCUT2D eigenvalue weighted by molar-refractivity contribution is 5.90. The van der Waals surface area contributed by atoms with Crippen LogP contribution in [-0.4, -0.2) is 37.7 Å². The van der Waals surface area contributed by atoms with Crippen molar-refractivity contribution in [3.05, 3.63) is 24.0 Å². The Morgan fingerprint density at radius 1 is 1.34 bits per heavy atom. The first-order valence-corrected chi connectivity index (χ1v) is 9.93. The average molecular weight is 400 g/mol. The minimum absolute atomic E-state index is 0.139. The number of primary amides is 1. The molecule has 0 aromatic heterocycles. The number of nitriles is 1. The molecule has 2 N–H and O–H groups in total. The Hall–Kier alpha value is -2.82. The summed E-state index contributed by atoms with van der Waals surface area (Å²) in [6, 6.07) is 7.16. The molecule has 4 rings (SSSR count). The molecule has 1 aliphatic carbocycles. The van der Waals surface area contributed by atoms with Crippen LogP contribution >= 0.6 is 0 Å². The molecule has 29 heavy (non-hydrogen) atoms. The number of hydrogen-bond acceptors (Lipinski definition) is 5. The zero-order valence-electron chi connectivity index (χ0n) is 16.6. The largest absolute Gasteiger partial charge is 0.444 e. The first-order chi connectivity index (χ1) is 13.7. The fraction of sp³-hybridized carbons (Fsp3) is 0.571. The molecule has 3 aliphatic rings. The van der Waals surface area contributed by atoms with Gasteiger partial charge in [0.05, 0.1) is 29.4 Å². The van der Waals surface area contributed by atoms with Gasteiger partial charge in [0.2, 0.25) is 5.91 Å². The van der Waals surface area contributed by atoms with E-state index in [9.17, 15) is 19.2 Å². The SMILES string of the molecule is CC(C)(C#N)C1C2CN(c3ccc(N4C[C@H](CCC(N)=O)OC4=O)cc3F)CC21. The number of rotatable bonds is 6. The molecule has 8 heteroatoms. The van der Waals surface area contributed by atoms with Crippen LogP contribution in [0.1, 0.15) is 26.7 Å². The first-order valence-electron chi connectivity index (χ1n) is 9.93. The van der Waals surface area contributed by atoms with Gasteiger partial charge in [0.15, 0.2) is 0 Å². The maximum absolute atomic E-state index is 14.8. The van der Waals surface area contributed by atoms with Crippen molar-refractivity contribution in [2.45, 2.75) is 32.8 Å². The molecule has 3 fully saturated rings. The third kappa shape index (κ3) is 3.50. The highest BCUT2D eigenvalue weighted by Crippen LogP contribution is 2.60. The first kappa shape index (κ1) is 19.5. The molecule has 154 valence electrons. The van der Waals surface area contributed by atoms with E-state index >= 15 is 0 Å². The quantitative estimate of drug-likeness (QED) is 0.791. The van der Waals surface area contributed by atoms with E-state index in [0.29, 0.717) is 35.5 Å². The zero-order valence-corrected chi connectivity index (χ0v) is 16.6. The summed E-state index contributed by atoms with van der Waals surface area (Å²) in [4.78, 5) is 26.4. The van der Waals surface area contributed by atoms with Crippen LogP contribution < -0.4 is 15.5 Å². The van der Waals surface area contributed by atoms with E-state index in [1.807, 2.05) is 18.7 Å². The number of piperidine rings is 1. The van der Waals surface area contributed by atoms with E-state index in [1.54, 1.807) is 12.1 Å². The van der Waals surface area contributed by atoms with Gasteiger partial charge in [-0.05, 0) is 56.2 Å². The second-order valence-electron chi connectivity index (χ2n) is 8.85. The summed E-state index contributed by atoms with van der Waals surface area (Å²) in [5.41, 5.74) is 5.75. The number of anilines is 2. The molecule has 2 heterocycles. The van der Waals surface area contributed by atoms with Crippen molar-refractivity contribution in [1.29, 1.82) is 5.26 Å². The van der Waals surface area contributed by atoms with Crippen molar-refractivity contribution < 1.29 is 18.7 Å². The molecule has 0 radical (unpaired) electrons. The number of cyclic esters (lactones) is 1. The van der Waals surface area contributed by atoms with Crippen LogP contribution in [0.2, 0.25) is 0 Å². The zero-order chi connectivity index (χ0) is 20.9. The van der Waals surface area contributed by atoms with Crippen molar-refractivity contribution >= 4 is 23.4 Å². The van der Waals surface area contributed by atoms with E-state index < -0.39 is 18.1 Å². The van der Waals surface area contributed by atoms with Gasteiger partial charge in [-0.2, -0.15) is 5.26 Å². The minimum Gasteiger partial charge on any atom is -0.444 e. The van der Waals surface area contributed by atoms with Gasteiger partial charge in [-0.25, -0.2) is 9.18 Å². The molecule has 7 nitrogen and oxygen atoms in total. The summed E-state index contributed by atoms with van der Waals surface area (Å²) < 4.78 is 20.1. The number of nitrogens with zero attached hydrogens (tertiary/aromatic N) is 3. The lowest BCUT2D eigenvalue weighted by Gasteiger charge is -2.26. The third-order valence-corrected chi connectivity index (χ3v) is 6.49. The lowest BCUT2D eigenvalue weighted by molar-refractivity contribution is -0.118. The number of carbonyl (C=O) groups is 2. The summed E-state index contributed by atoms with van der Waals surface area (Å²) in [6.07, 6.45) is -0.478. The number of amides is 2. The summed E-state index contributed by atoms with van der Waals surface area (Å²) in [7, 11) is 0. The molecule has 2 aliphatic heterocycles. The van der Waals surface area contributed by atoms with Gasteiger partial charge >= 0.3 is 6.09 Å². The standard InChI is InChI=1S/C21H25FN4O3/c1-21(2,11-23)19-14-9-25(10-15(14)19)17-5-3-12(7-16(17)22)26-8-13(29-20(26)28)4-6-18(24)27/h3,5,7,13-15,19H,4,6,8-10H2,1-2H3,(H2,24,27)/t13-,14?,15?,19?/m0/s1. The predicted octanol–water partition coefficient (Wildman–Crippen LogP) is 2.65. The topological polar surface area (TPSA) is 99.7 Å². The second-order valence-corrected chi connectivity index (χ2v) is 8.85. The van der Waals surface area contributed by atoms with Crippen molar-refractivity contribution in [2.24, 2.45) is 28.9 Å². The maximum Gasteiger partial charge on any atom is 0.414 e. The number of carbonyl (C=O) groups excluding carboxylic acids is 2. The van der Waals surface area contributed by atoms with Gasteiger partial charge in [0, 0.05) is 19.5 Å². The van der Waals surface area contributed by atoms with E-state index in [-0.39, 0.29) is 24.2 Å². The molecule has 2 saturated heterocycles. The lowest BCUT2D eigenvalue weighted by atomic mass is 9.86. The van der Waals surface area contributed by atoms with E-state index in [2.05, 4.69) is 6.07 Å². The van der Waals surface area contributed by atoms with E-state index in [4.69, 9.17) is 10.5 Å². The number of hydrogen-bond donors (Lipinski definition) is 1. The molecule has 1 saturated carbocycles. The van der Waals surface area contributed by atoms with E-state index in [0.717, 1.165) is 13.1 Å². The molecule has 1 aromatic carbocycles. The molecule has 0 bridgehead atoms. The smallest absolute Gasteiger partial charge is 0.414 e. The van der Waals surface area contributed by atoms with Crippen molar-refractivity contribution in [3.63, 3.8) is 0 Å². The third-order valence-electron chi connectivity index (χ3n) is 6.49. The number of halogens is 1. The van der Waals surface area contributed by atoms with Gasteiger partial charge in [0.1, 0.15) is 11.9 Å². The molecular weight excluding hydrogens is 375 g/mol.